The quantitative estimate of drug-likeness (QED) is 0.853. The van der Waals surface area contributed by atoms with Gasteiger partial charge in [-0.25, -0.2) is 4.98 Å². The smallest absolute Gasteiger partial charge is 0.180 e. The number of carbonyl (C=O) groups excluding carboxylic acids is 1. The number of hydrogen-bond donors (Lipinski definition) is 1. The van der Waals surface area contributed by atoms with Gasteiger partial charge in [-0.1, -0.05) is 6.92 Å². The molecule has 0 aromatic carbocycles. The van der Waals surface area contributed by atoms with E-state index >= 15 is 0 Å². The molecule has 2 unspecified atom stereocenters. The minimum Gasteiger partial charge on any atom is -0.383 e. The van der Waals surface area contributed by atoms with Gasteiger partial charge in [-0.3, -0.25) is 4.79 Å². The first-order valence-electron chi connectivity index (χ1n) is 5.72. The predicted molar refractivity (Wildman–Crippen MR) is 75.8 cm³/mol. The highest BCUT2D eigenvalue weighted by Gasteiger charge is 2.32. The predicted octanol–water partition coefficient (Wildman–Crippen LogP) is 2.47. The van der Waals surface area contributed by atoms with E-state index in [1.807, 2.05) is 11.8 Å². The first-order valence-corrected chi connectivity index (χ1v) is 7.81. The zero-order valence-corrected chi connectivity index (χ0v) is 11.4. The Kier molecular flexibility index (Phi) is 4.34. The van der Waals surface area contributed by atoms with Crippen LogP contribution in [0, 0.1) is 0 Å². The highest BCUT2D eigenvalue weighted by atomic mass is 32.2. The van der Waals surface area contributed by atoms with E-state index in [-0.39, 0.29) is 11.0 Å². The average molecular weight is 268 g/mol. The van der Waals surface area contributed by atoms with Gasteiger partial charge in [0.05, 0.1) is 10.8 Å². The molecule has 2 N–H and O–H groups in total. The molecule has 1 aliphatic heterocycles. The van der Waals surface area contributed by atoms with Gasteiger partial charge in [-0.2, -0.15) is 11.8 Å². The molecule has 1 saturated heterocycles. The Bertz CT molecular complexity index is 411. The first-order chi connectivity index (χ1) is 8.24. The van der Waals surface area contributed by atoms with Gasteiger partial charge in [-0.15, -0.1) is 11.8 Å². The summed E-state index contributed by atoms with van der Waals surface area (Å²) in [6, 6.07) is 3.54. The molecular formula is C12H16N2OS2. The summed E-state index contributed by atoms with van der Waals surface area (Å²) in [7, 11) is 0. The van der Waals surface area contributed by atoms with Gasteiger partial charge in [0.25, 0.3) is 0 Å². The number of carbonyl (C=O) groups is 1. The van der Waals surface area contributed by atoms with Crippen molar-refractivity contribution in [2.75, 3.05) is 17.2 Å². The maximum absolute atomic E-state index is 12.4. The summed E-state index contributed by atoms with van der Waals surface area (Å²) < 4.78 is 0. The number of aromatic nitrogens is 1. The minimum absolute atomic E-state index is 0.0326. The van der Waals surface area contributed by atoms with Crippen molar-refractivity contribution in [1.29, 1.82) is 0 Å². The number of nitrogens with zero attached hydrogens (tertiary/aromatic N) is 1. The minimum atomic E-state index is 0.0326. The van der Waals surface area contributed by atoms with E-state index < -0.39 is 0 Å². The van der Waals surface area contributed by atoms with E-state index in [1.54, 1.807) is 30.1 Å². The molecular weight excluding hydrogens is 252 g/mol. The number of thioether (sulfide) groups is 2. The van der Waals surface area contributed by atoms with Crippen LogP contribution >= 0.6 is 23.5 Å². The number of Topliss-reactive ketones (excluding diaryl/α,β-unsaturated/α-hetero) is 1. The molecule has 1 fully saturated rings. The lowest BCUT2D eigenvalue weighted by Gasteiger charge is -2.28. The van der Waals surface area contributed by atoms with Crippen molar-refractivity contribution >= 4 is 35.1 Å². The van der Waals surface area contributed by atoms with Crippen molar-refractivity contribution in [3.05, 3.63) is 23.9 Å². The normalized spacial score (nSPS) is 24.5. The van der Waals surface area contributed by atoms with Crippen LogP contribution in [0.25, 0.3) is 0 Å². The van der Waals surface area contributed by atoms with Crippen molar-refractivity contribution in [2.45, 2.75) is 23.8 Å². The van der Waals surface area contributed by atoms with Crippen LogP contribution in [0.4, 0.5) is 5.82 Å². The highest BCUT2D eigenvalue weighted by molar-refractivity contribution is 8.07. The van der Waals surface area contributed by atoms with Crippen molar-refractivity contribution in [3.8, 4) is 0 Å². The number of rotatable bonds is 3. The number of nitrogen functional groups attached to an aromatic ring is 1. The Balaban J connectivity index is 2.21. The van der Waals surface area contributed by atoms with E-state index in [2.05, 4.69) is 11.9 Å². The zero-order chi connectivity index (χ0) is 12.3. The van der Waals surface area contributed by atoms with E-state index in [0.29, 0.717) is 16.6 Å². The molecule has 3 nitrogen and oxygen atoms in total. The molecule has 17 heavy (non-hydrogen) atoms. The number of nitrogens with two attached hydrogens (primary N) is 1. The van der Waals surface area contributed by atoms with Gasteiger partial charge in [0, 0.05) is 23.0 Å². The van der Waals surface area contributed by atoms with E-state index in [1.165, 1.54) is 0 Å². The van der Waals surface area contributed by atoms with Crippen LogP contribution in [0.15, 0.2) is 18.3 Å². The molecule has 1 aromatic heterocycles. The molecule has 1 aromatic rings. The molecule has 1 aliphatic rings. The fourth-order valence-corrected chi connectivity index (χ4v) is 4.94. The third-order valence-electron chi connectivity index (χ3n) is 2.82. The van der Waals surface area contributed by atoms with Crippen LogP contribution in [0.5, 0.6) is 0 Å². The van der Waals surface area contributed by atoms with Crippen LogP contribution in [-0.4, -0.2) is 32.8 Å². The van der Waals surface area contributed by atoms with E-state index in [4.69, 9.17) is 5.73 Å². The Labute approximate surface area is 110 Å². The van der Waals surface area contributed by atoms with Crippen molar-refractivity contribution in [1.82, 2.24) is 4.98 Å². The van der Waals surface area contributed by atoms with Gasteiger partial charge in [0.2, 0.25) is 0 Å². The lowest BCUT2D eigenvalue weighted by Crippen LogP contribution is -2.33. The van der Waals surface area contributed by atoms with E-state index in [0.717, 1.165) is 17.9 Å². The molecule has 2 atom stereocenters. The van der Waals surface area contributed by atoms with Crippen molar-refractivity contribution in [2.24, 2.45) is 0 Å². The molecule has 2 rings (SSSR count). The van der Waals surface area contributed by atoms with Crippen LogP contribution in [0.1, 0.15) is 23.7 Å². The van der Waals surface area contributed by atoms with Crippen molar-refractivity contribution < 1.29 is 4.79 Å². The Morgan fingerprint density at radius 1 is 1.53 bits per heavy atom. The molecule has 2 heterocycles. The summed E-state index contributed by atoms with van der Waals surface area (Å²) in [5, 5.41) is 0.436. The fourth-order valence-electron chi connectivity index (χ4n) is 1.92. The largest absolute Gasteiger partial charge is 0.383 e. The topological polar surface area (TPSA) is 56.0 Å². The Hall–Kier alpha value is -0.680. The summed E-state index contributed by atoms with van der Waals surface area (Å²) >= 11 is 3.65. The van der Waals surface area contributed by atoms with Gasteiger partial charge in [0.15, 0.2) is 5.78 Å². The summed E-state index contributed by atoms with van der Waals surface area (Å²) in [5.41, 5.74) is 6.34. The highest BCUT2D eigenvalue weighted by Crippen LogP contribution is 2.35. The second kappa shape index (κ2) is 5.78. The van der Waals surface area contributed by atoms with Gasteiger partial charge in [-0.05, 0) is 18.6 Å². The second-order valence-corrected chi connectivity index (χ2v) is 6.51. The first kappa shape index (κ1) is 12.8. The number of hydrogen-bond acceptors (Lipinski definition) is 5. The third kappa shape index (κ3) is 2.77. The molecule has 5 heteroatoms. The van der Waals surface area contributed by atoms with Crippen LogP contribution in [0.3, 0.4) is 0 Å². The summed E-state index contributed by atoms with van der Waals surface area (Å²) in [4.78, 5) is 16.4. The van der Waals surface area contributed by atoms with Crippen LogP contribution < -0.4 is 5.73 Å². The van der Waals surface area contributed by atoms with Gasteiger partial charge >= 0.3 is 0 Å². The summed E-state index contributed by atoms with van der Waals surface area (Å²) in [5.74, 6) is 2.66. The fraction of sp³-hybridized carbons (Fsp3) is 0.500. The molecule has 0 amide bonds. The maximum atomic E-state index is 12.4. The summed E-state index contributed by atoms with van der Waals surface area (Å²) in [6.07, 6.45) is 2.64. The molecule has 0 radical (unpaired) electrons. The van der Waals surface area contributed by atoms with Crippen LogP contribution in [0.2, 0.25) is 0 Å². The standard InChI is InChI=1S/C12H16N2OS2/c1-2-9-11(17-7-6-16-9)10(15)8-4-3-5-14-12(8)13/h3-5,9,11H,2,6-7H2,1H3,(H2,13,14). The molecule has 92 valence electrons. The third-order valence-corrected chi connectivity index (χ3v) is 6.06. The number of anilines is 1. The lowest BCUT2D eigenvalue weighted by molar-refractivity contribution is 0.0988. The Morgan fingerprint density at radius 3 is 3.00 bits per heavy atom. The zero-order valence-electron chi connectivity index (χ0n) is 9.76. The maximum Gasteiger partial charge on any atom is 0.180 e. The Morgan fingerprint density at radius 2 is 2.29 bits per heavy atom. The van der Waals surface area contributed by atoms with Gasteiger partial charge < -0.3 is 5.73 Å². The molecule has 0 spiro atoms. The number of pyridine rings is 1. The van der Waals surface area contributed by atoms with Crippen LogP contribution in [-0.2, 0) is 0 Å². The molecule has 0 bridgehead atoms. The van der Waals surface area contributed by atoms with Gasteiger partial charge in [0.1, 0.15) is 5.82 Å². The molecule has 0 saturated carbocycles. The lowest BCUT2D eigenvalue weighted by atomic mass is 10.1. The average Bonchev–Trinajstić information content (AvgIpc) is 2.38. The SMILES string of the molecule is CCC1SCCSC1C(=O)c1cccnc1N. The molecule has 0 aliphatic carbocycles. The monoisotopic (exact) mass is 268 g/mol. The second-order valence-electron chi connectivity index (χ2n) is 3.91. The summed E-state index contributed by atoms with van der Waals surface area (Å²) in [6.45, 7) is 2.14. The number of ketones is 1. The van der Waals surface area contributed by atoms with E-state index in [9.17, 15) is 4.79 Å². The van der Waals surface area contributed by atoms with Crippen molar-refractivity contribution in [3.63, 3.8) is 0 Å².